The number of rotatable bonds is 4. The molecule has 0 aromatic carbocycles. The first-order valence-electron chi connectivity index (χ1n) is 8.72. The van der Waals surface area contributed by atoms with Gasteiger partial charge in [0, 0.05) is 29.9 Å². The molecule has 0 atom stereocenters. The van der Waals surface area contributed by atoms with Gasteiger partial charge in [0.2, 0.25) is 0 Å². The van der Waals surface area contributed by atoms with Crippen molar-refractivity contribution in [2.75, 3.05) is 19.7 Å². The van der Waals surface area contributed by atoms with Crippen LogP contribution < -0.4 is 11.1 Å². The van der Waals surface area contributed by atoms with Crippen molar-refractivity contribution in [2.45, 2.75) is 58.5 Å². The smallest absolute Gasteiger partial charge is 0.409 e. The predicted octanol–water partition coefficient (Wildman–Crippen LogP) is 3.08. The number of guanidine groups is 1. The predicted molar refractivity (Wildman–Crippen MR) is 116 cm³/mol. The third kappa shape index (κ3) is 6.90. The van der Waals surface area contributed by atoms with E-state index in [1.54, 1.807) is 16.2 Å². The van der Waals surface area contributed by atoms with Crippen LogP contribution in [0, 0.1) is 0 Å². The fourth-order valence-electron chi connectivity index (χ4n) is 2.57. The Hall–Kier alpha value is -1.10. The molecule has 0 spiro atoms. The van der Waals surface area contributed by atoms with Gasteiger partial charge in [-0.15, -0.1) is 35.3 Å². The molecular weight excluding hydrogens is 465 g/mol. The summed E-state index contributed by atoms with van der Waals surface area (Å²) in [6.45, 7) is 10.5. The van der Waals surface area contributed by atoms with Crippen LogP contribution >= 0.6 is 35.3 Å². The van der Waals surface area contributed by atoms with Crippen LogP contribution in [0.4, 0.5) is 4.79 Å². The van der Waals surface area contributed by atoms with Crippen molar-refractivity contribution in [3.05, 3.63) is 16.1 Å². The summed E-state index contributed by atoms with van der Waals surface area (Å²) in [7, 11) is 0. The number of likely N-dealkylation sites (tertiary alicyclic amines) is 1. The Kier molecular flexibility index (Phi) is 9.08. The van der Waals surface area contributed by atoms with E-state index >= 15 is 0 Å². The second kappa shape index (κ2) is 10.3. The van der Waals surface area contributed by atoms with Gasteiger partial charge >= 0.3 is 6.09 Å². The Morgan fingerprint density at radius 3 is 2.65 bits per heavy atom. The number of hydrogen-bond acceptors (Lipinski definition) is 5. The highest BCUT2D eigenvalue weighted by Crippen LogP contribution is 2.25. The van der Waals surface area contributed by atoms with Crippen LogP contribution in [-0.4, -0.2) is 47.7 Å². The highest BCUT2D eigenvalue weighted by molar-refractivity contribution is 14.0. The zero-order chi connectivity index (χ0) is 18.4. The summed E-state index contributed by atoms with van der Waals surface area (Å²) in [4.78, 5) is 22.4. The molecule has 3 N–H and O–H groups in total. The van der Waals surface area contributed by atoms with Crippen molar-refractivity contribution in [1.29, 1.82) is 0 Å². The molecule has 1 saturated heterocycles. The maximum atomic E-state index is 11.7. The maximum absolute atomic E-state index is 11.7. The molecular formula is C17H30IN5O2S. The Morgan fingerprint density at radius 2 is 2.12 bits per heavy atom. The molecule has 26 heavy (non-hydrogen) atoms. The second-order valence-electron chi connectivity index (χ2n) is 7.20. The Morgan fingerprint density at radius 1 is 1.46 bits per heavy atom. The number of nitrogens with one attached hydrogen (secondary N) is 1. The number of carbonyl (C=O) groups excluding carboxylic acids is 1. The molecule has 0 aliphatic carbocycles. The lowest BCUT2D eigenvalue weighted by Crippen LogP contribution is -2.48. The molecule has 0 radical (unpaired) electrons. The van der Waals surface area contributed by atoms with E-state index in [0.29, 0.717) is 32.2 Å². The Bertz CT molecular complexity index is 607. The van der Waals surface area contributed by atoms with Gasteiger partial charge in [-0.1, -0.05) is 20.8 Å². The number of aromatic nitrogens is 1. The van der Waals surface area contributed by atoms with Crippen molar-refractivity contribution in [3.63, 3.8) is 0 Å². The molecule has 1 aliphatic heterocycles. The second-order valence-corrected chi connectivity index (χ2v) is 8.06. The van der Waals surface area contributed by atoms with E-state index in [1.807, 2.05) is 12.3 Å². The van der Waals surface area contributed by atoms with E-state index in [0.717, 1.165) is 23.5 Å². The number of nitrogens with zero attached hydrogens (tertiary/aromatic N) is 3. The van der Waals surface area contributed by atoms with E-state index < -0.39 is 0 Å². The van der Waals surface area contributed by atoms with Crippen LogP contribution in [0.3, 0.4) is 0 Å². The van der Waals surface area contributed by atoms with E-state index in [1.165, 1.54) is 0 Å². The van der Waals surface area contributed by atoms with Crippen molar-refractivity contribution in [3.8, 4) is 0 Å². The van der Waals surface area contributed by atoms with E-state index in [2.05, 4.69) is 36.1 Å². The first-order valence-corrected chi connectivity index (χ1v) is 9.60. The first kappa shape index (κ1) is 22.9. The molecule has 0 bridgehead atoms. The van der Waals surface area contributed by atoms with Gasteiger partial charge < -0.3 is 20.7 Å². The van der Waals surface area contributed by atoms with Crippen molar-refractivity contribution < 1.29 is 9.53 Å². The van der Waals surface area contributed by atoms with Crippen LogP contribution in [-0.2, 0) is 16.7 Å². The van der Waals surface area contributed by atoms with Gasteiger partial charge in [0.1, 0.15) is 0 Å². The normalized spacial score (nSPS) is 16.2. The monoisotopic (exact) mass is 495 g/mol. The first-order chi connectivity index (χ1) is 11.8. The van der Waals surface area contributed by atoms with Gasteiger partial charge in [0.05, 0.1) is 23.9 Å². The molecule has 0 unspecified atom stereocenters. The van der Waals surface area contributed by atoms with Crippen LogP contribution in [0.2, 0.25) is 0 Å². The summed E-state index contributed by atoms with van der Waals surface area (Å²) >= 11 is 1.66. The van der Waals surface area contributed by atoms with Crippen molar-refractivity contribution >= 4 is 47.4 Å². The minimum atomic E-state index is -0.235. The summed E-state index contributed by atoms with van der Waals surface area (Å²) in [6.07, 6.45) is 1.43. The Labute approximate surface area is 176 Å². The molecule has 1 aromatic rings. The number of nitrogens with two attached hydrogens (primary N) is 1. The number of aliphatic imine (C=N–C) groups is 1. The third-order valence-corrected chi connectivity index (χ3v) is 5.29. The molecule has 1 aliphatic rings. The van der Waals surface area contributed by atoms with E-state index in [-0.39, 0.29) is 41.5 Å². The third-order valence-electron chi connectivity index (χ3n) is 3.98. The van der Waals surface area contributed by atoms with Crippen molar-refractivity contribution in [2.24, 2.45) is 10.7 Å². The quantitative estimate of drug-likeness (QED) is 0.381. The number of halogens is 1. The van der Waals surface area contributed by atoms with Gasteiger partial charge in [-0.3, -0.25) is 0 Å². The average molecular weight is 495 g/mol. The lowest BCUT2D eigenvalue weighted by molar-refractivity contribution is 0.0963. The van der Waals surface area contributed by atoms with Crippen LogP contribution in [0.15, 0.2) is 10.4 Å². The van der Waals surface area contributed by atoms with Gasteiger partial charge in [-0.05, 0) is 19.8 Å². The van der Waals surface area contributed by atoms with Gasteiger partial charge in [-0.25, -0.2) is 14.8 Å². The zero-order valence-corrected chi connectivity index (χ0v) is 19.1. The average Bonchev–Trinajstić information content (AvgIpc) is 3.03. The molecule has 2 rings (SSSR count). The lowest BCUT2D eigenvalue weighted by atomic mass is 9.98. The standard InChI is InChI=1S/C17H29N5O2S.HI/c1-5-24-16(23)22-8-6-12(7-9-22)21-15(18)19-10-13-11-25-14(20-13)17(2,3)4;/h11-12H,5-10H2,1-4H3,(H3,18,19,21);1H. The topological polar surface area (TPSA) is 92.8 Å². The van der Waals surface area contributed by atoms with E-state index in [9.17, 15) is 4.79 Å². The molecule has 148 valence electrons. The number of ether oxygens (including phenoxy) is 1. The number of hydrogen-bond donors (Lipinski definition) is 2. The molecule has 1 amide bonds. The Balaban J connectivity index is 0.00000338. The number of thiazole rings is 1. The zero-order valence-electron chi connectivity index (χ0n) is 15.9. The summed E-state index contributed by atoms with van der Waals surface area (Å²) in [5.41, 5.74) is 7.00. The summed E-state index contributed by atoms with van der Waals surface area (Å²) in [5, 5.41) is 6.39. The van der Waals surface area contributed by atoms with Crippen LogP contribution in [0.1, 0.15) is 51.2 Å². The molecule has 0 saturated carbocycles. The number of piperidine rings is 1. The highest BCUT2D eigenvalue weighted by atomic mass is 127. The van der Waals surface area contributed by atoms with Crippen molar-refractivity contribution in [1.82, 2.24) is 15.2 Å². The van der Waals surface area contributed by atoms with Gasteiger partial charge in [0.25, 0.3) is 0 Å². The fourth-order valence-corrected chi connectivity index (χ4v) is 3.46. The lowest BCUT2D eigenvalue weighted by Gasteiger charge is -2.31. The highest BCUT2D eigenvalue weighted by Gasteiger charge is 2.23. The van der Waals surface area contributed by atoms with Gasteiger partial charge in [-0.2, -0.15) is 0 Å². The molecule has 7 nitrogen and oxygen atoms in total. The number of carbonyl (C=O) groups is 1. The minimum absolute atomic E-state index is 0. The van der Waals surface area contributed by atoms with Crippen LogP contribution in [0.5, 0.6) is 0 Å². The summed E-state index contributed by atoms with van der Waals surface area (Å²) < 4.78 is 5.02. The summed E-state index contributed by atoms with van der Waals surface area (Å²) in [5.74, 6) is 0.430. The van der Waals surface area contributed by atoms with E-state index in [4.69, 9.17) is 10.5 Å². The molecule has 2 heterocycles. The van der Waals surface area contributed by atoms with Gasteiger partial charge in [0.15, 0.2) is 5.96 Å². The molecule has 1 aromatic heterocycles. The SMILES string of the molecule is CCOC(=O)N1CCC(NC(N)=NCc2csc(C(C)(C)C)n2)CC1.I. The maximum Gasteiger partial charge on any atom is 0.409 e. The largest absolute Gasteiger partial charge is 0.450 e. The molecule has 1 fully saturated rings. The fraction of sp³-hybridized carbons (Fsp3) is 0.706. The van der Waals surface area contributed by atoms with Crippen LogP contribution in [0.25, 0.3) is 0 Å². The minimum Gasteiger partial charge on any atom is -0.450 e. The molecule has 9 heteroatoms. The number of amides is 1. The summed E-state index contributed by atoms with van der Waals surface area (Å²) in [6, 6.07) is 0.231.